The summed E-state index contributed by atoms with van der Waals surface area (Å²) in [7, 11) is 0. The van der Waals surface area contributed by atoms with Crippen molar-refractivity contribution in [3.05, 3.63) is 71.3 Å². The highest BCUT2D eigenvalue weighted by molar-refractivity contribution is 5.79. The summed E-state index contributed by atoms with van der Waals surface area (Å²) in [6, 6.07) is 13.9. The molecule has 2 unspecified atom stereocenters. The average molecular weight is 384 g/mol. The molecule has 4 rings (SSSR count). The number of amides is 1. The lowest BCUT2D eigenvalue weighted by Gasteiger charge is -2.37. The van der Waals surface area contributed by atoms with E-state index in [9.17, 15) is 13.6 Å². The molecule has 2 aliphatic rings. The molecule has 0 spiro atoms. The summed E-state index contributed by atoms with van der Waals surface area (Å²) < 4.78 is 27.4. The Balaban J connectivity index is 1.49. The zero-order chi connectivity index (χ0) is 19.5. The van der Waals surface area contributed by atoms with Gasteiger partial charge in [-0.2, -0.15) is 0 Å². The summed E-state index contributed by atoms with van der Waals surface area (Å²) in [5, 5.41) is 3.10. The van der Waals surface area contributed by atoms with Gasteiger partial charge in [0.2, 0.25) is 5.91 Å². The Morgan fingerprint density at radius 2 is 1.86 bits per heavy atom. The predicted octanol–water partition coefficient (Wildman–Crippen LogP) is 4.10. The van der Waals surface area contributed by atoms with E-state index in [1.807, 2.05) is 18.2 Å². The summed E-state index contributed by atoms with van der Waals surface area (Å²) in [5.74, 6) is -0.272. The molecular formula is C23H26F2N2O. The van der Waals surface area contributed by atoms with Gasteiger partial charge in [-0.1, -0.05) is 36.4 Å². The molecule has 3 nitrogen and oxygen atoms in total. The van der Waals surface area contributed by atoms with E-state index in [1.165, 1.54) is 30.5 Å². The fraction of sp³-hybridized carbons (Fsp3) is 0.435. The minimum absolute atomic E-state index is 0.0945. The van der Waals surface area contributed by atoms with Crippen molar-refractivity contribution in [1.29, 1.82) is 0 Å². The molecule has 1 aliphatic carbocycles. The minimum atomic E-state index is -0.570. The number of benzene rings is 2. The van der Waals surface area contributed by atoms with Gasteiger partial charge >= 0.3 is 0 Å². The fourth-order valence-corrected chi connectivity index (χ4v) is 4.08. The Labute approximate surface area is 164 Å². The first-order chi connectivity index (χ1) is 13.6. The largest absolute Gasteiger partial charge is 0.356 e. The number of nitrogens with one attached hydrogen (secondary N) is 1. The Morgan fingerprint density at radius 1 is 1.07 bits per heavy atom. The van der Waals surface area contributed by atoms with Gasteiger partial charge in [0.1, 0.15) is 11.6 Å². The molecule has 2 fully saturated rings. The molecule has 1 amide bonds. The van der Waals surface area contributed by atoms with Gasteiger partial charge in [-0.3, -0.25) is 9.69 Å². The van der Waals surface area contributed by atoms with Crippen LogP contribution < -0.4 is 5.32 Å². The Morgan fingerprint density at radius 3 is 2.57 bits per heavy atom. The Bertz CT molecular complexity index is 823. The molecule has 5 heteroatoms. The van der Waals surface area contributed by atoms with Crippen LogP contribution in [0.1, 0.15) is 36.3 Å². The molecule has 1 N–H and O–H groups in total. The number of carbonyl (C=O) groups excluding carboxylic acids is 1. The Kier molecular flexibility index (Phi) is 5.72. The van der Waals surface area contributed by atoms with E-state index in [0.717, 1.165) is 25.6 Å². The lowest BCUT2D eigenvalue weighted by molar-refractivity contribution is -0.127. The zero-order valence-electron chi connectivity index (χ0n) is 15.9. The molecule has 2 aromatic carbocycles. The van der Waals surface area contributed by atoms with Crippen LogP contribution in [0.4, 0.5) is 8.78 Å². The van der Waals surface area contributed by atoms with E-state index in [1.54, 1.807) is 0 Å². The molecule has 1 saturated heterocycles. The lowest BCUT2D eigenvalue weighted by atomic mass is 9.84. The molecule has 2 aromatic rings. The van der Waals surface area contributed by atoms with Crippen LogP contribution in [-0.2, 0) is 11.3 Å². The van der Waals surface area contributed by atoms with Crippen LogP contribution in [0, 0.1) is 23.5 Å². The van der Waals surface area contributed by atoms with Crippen LogP contribution in [0.2, 0.25) is 0 Å². The van der Waals surface area contributed by atoms with Gasteiger partial charge < -0.3 is 5.32 Å². The van der Waals surface area contributed by atoms with Crippen LogP contribution in [0.3, 0.4) is 0 Å². The molecule has 0 aromatic heterocycles. The van der Waals surface area contributed by atoms with Crippen molar-refractivity contribution in [2.45, 2.75) is 31.7 Å². The number of piperidine rings is 1. The van der Waals surface area contributed by atoms with E-state index in [-0.39, 0.29) is 17.7 Å². The fourth-order valence-electron chi connectivity index (χ4n) is 4.08. The maximum absolute atomic E-state index is 14.2. The number of nitrogens with zero attached hydrogens (tertiary/aromatic N) is 1. The summed E-state index contributed by atoms with van der Waals surface area (Å²) in [6.07, 6.45) is 3.20. The highest BCUT2D eigenvalue weighted by Gasteiger charge is 2.33. The summed E-state index contributed by atoms with van der Waals surface area (Å²) in [6.45, 7) is 2.49. The van der Waals surface area contributed by atoms with Crippen molar-refractivity contribution >= 4 is 5.91 Å². The smallest absolute Gasteiger partial charge is 0.224 e. The van der Waals surface area contributed by atoms with Gasteiger partial charge in [-0.25, -0.2) is 8.78 Å². The van der Waals surface area contributed by atoms with Gasteiger partial charge in [-0.15, -0.1) is 0 Å². The monoisotopic (exact) mass is 384 g/mol. The van der Waals surface area contributed by atoms with Crippen molar-refractivity contribution in [3.8, 4) is 0 Å². The normalized spacial score (nSPS) is 22.8. The first kappa shape index (κ1) is 19.1. The van der Waals surface area contributed by atoms with E-state index in [2.05, 4.69) is 22.3 Å². The molecule has 0 radical (unpaired) electrons. The van der Waals surface area contributed by atoms with Gasteiger partial charge in [0.05, 0.1) is 5.92 Å². The second-order valence-corrected chi connectivity index (χ2v) is 8.16. The molecule has 0 bridgehead atoms. The first-order valence-corrected chi connectivity index (χ1v) is 10.1. The highest BCUT2D eigenvalue weighted by Crippen LogP contribution is 2.32. The third-order valence-corrected chi connectivity index (χ3v) is 5.84. The van der Waals surface area contributed by atoms with Crippen LogP contribution in [0.15, 0.2) is 48.5 Å². The van der Waals surface area contributed by atoms with Crippen molar-refractivity contribution in [3.63, 3.8) is 0 Å². The van der Waals surface area contributed by atoms with Crippen LogP contribution in [0.25, 0.3) is 0 Å². The number of halogens is 2. The van der Waals surface area contributed by atoms with Gasteiger partial charge in [0, 0.05) is 37.8 Å². The van der Waals surface area contributed by atoms with E-state index >= 15 is 0 Å². The third kappa shape index (κ3) is 4.76. The number of hydrogen-bond acceptors (Lipinski definition) is 2. The molecule has 1 heterocycles. The van der Waals surface area contributed by atoms with Crippen molar-refractivity contribution < 1.29 is 13.6 Å². The van der Waals surface area contributed by atoms with E-state index in [0.29, 0.717) is 24.6 Å². The Hall–Kier alpha value is -2.27. The van der Waals surface area contributed by atoms with E-state index < -0.39 is 11.6 Å². The highest BCUT2D eigenvalue weighted by atomic mass is 19.1. The van der Waals surface area contributed by atoms with E-state index in [4.69, 9.17) is 0 Å². The predicted molar refractivity (Wildman–Crippen MR) is 105 cm³/mol. The number of hydrogen-bond donors (Lipinski definition) is 1. The lowest BCUT2D eigenvalue weighted by Crippen LogP contribution is -2.45. The maximum atomic E-state index is 14.2. The van der Waals surface area contributed by atoms with Crippen LogP contribution in [0.5, 0.6) is 0 Å². The van der Waals surface area contributed by atoms with Crippen molar-refractivity contribution in [2.75, 3.05) is 19.6 Å². The second kappa shape index (κ2) is 8.39. The number of likely N-dealkylation sites (tertiary alicyclic amines) is 1. The zero-order valence-corrected chi connectivity index (χ0v) is 15.9. The standard InChI is InChI=1S/C23H26F2N2O/c24-21-9-8-18(22(25)11-21)13-27-14-19(17-4-2-1-3-5-17)10-20(15-27)23(28)26-12-16-6-7-16/h1-5,8-9,11,16,19-20H,6-7,10,12-15H2,(H,26,28). The molecule has 2 atom stereocenters. The third-order valence-electron chi connectivity index (χ3n) is 5.84. The molecule has 28 heavy (non-hydrogen) atoms. The van der Waals surface area contributed by atoms with Crippen molar-refractivity contribution in [2.24, 2.45) is 11.8 Å². The molecule has 148 valence electrons. The van der Waals surface area contributed by atoms with Gasteiger partial charge in [0.15, 0.2) is 0 Å². The topological polar surface area (TPSA) is 32.3 Å². The first-order valence-electron chi connectivity index (χ1n) is 10.1. The second-order valence-electron chi connectivity index (χ2n) is 8.16. The SMILES string of the molecule is O=C(NCC1CC1)C1CC(c2ccccc2)CN(Cc2ccc(F)cc2F)C1. The van der Waals surface area contributed by atoms with Gasteiger partial charge in [0.25, 0.3) is 0 Å². The quantitative estimate of drug-likeness (QED) is 0.813. The average Bonchev–Trinajstić information content (AvgIpc) is 3.53. The minimum Gasteiger partial charge on any atom is -0.356 e. The summed E-state index contributed by atoms with van der Waals surface area (Å²) >= 11 is 0. The molecule has 1 aliphatic heterocycles. The van der Waals surface area contributed by atoms with Crippen molar-refractivity contribution in [1.82, 2.24) is 10.2 Å². The van der Waals surface area contributed by atoms with Gasteiger partial charge in [-0.05, 0) is 42.7 Å². The summed E-state index contributed by atoms with van der Waals surface area (Å²) in [4.78, 5) is 14.9. The van der Waals surface area contributed by atoms with Crippen LogP contribution in [-0.4, -0.2) is 30.4 Å². The molecular weight excluding hydrogens is 358 g/mol. The number of rotatable bonds is 6. The number of carbonyl (C=O) groups is 1. The van der Waals surface area contributed by atoms with Crippen LogP contribution >= 0.6 is 0 Å². The maximum Gasteiger partial charge on any atom is 0.224 e. The summed E-state index contributed by atoms with van der Waals surface area (Å²) in [5.41, 5.74) is 1.67. The molecule has 1 saturated carbocycles.